The van der Waals surface area contributed by atoms with Crippen LogP contribution in [0.3, 0.4) is 0 Å². The van der Waals surface area contributed by atoms with E-state index in [1.807, 2.05) is 50.3 Å². The number of aliphatic hydroxyl groups is 1. The first-order valence-corrected chi connectivity index (χ1v) is 14.1. The van der Waals surface area contributed by atoms with Gasteiger partial charge in [0, 0.05) is 34.7 Å². The number of carbonyl (C=O) groups excluding carboxylic acids is 2. The molecule has 6 rings (SSSR count). The first-order chi connectivity index (χ1) is 19.1. The highest BCUT2D eigenvalue weighted by molar-refractivity contribution is 5.89. The van der Waals surface area contributed by atoms with Gasteiger partial charge in [0.25, 0.3) is 0 Å². The Kier molecular flexibility index (Phi) is 6.39. The summed E-state index contributed by atoms with van der Waals surface area (Å²) in [5.41, 5.74) is 3.49. The minimum absolute atomic E-state index is 0.0153. The van der Waals surface area contributed by atoms with Gasteiger partial charge >= 0.3 is 5.97 Å². The Labute approximate surface area is 235 Å². The number of benzene rings is 1. The number of Topliss-reactive ketones (excluding diaryl/α,β-unsaturated/α-hetero) is 1. The fourth-order valence-corrected chi connectivity index (χ4v) is 8.90. The molecule has 7 heteroatoms. The summed E-state index contributed by atoms with van der Waals surface area (Å²) in [6.45, 7) is 8.14. The van der Waals surface area contributed by atoms with Crippen molar-refractivity contribution in [3.8, 4) is 17.1 Å². The summed E-state index contributed by atoms with van der Waals surface area (Å²) in [5.74, 6) is 0.399. The van der Waals surface area contributed by atoms with Crippen LogP contribution >= 0.6 is 0 Å². The number of esters is 1. The van der Waals surface area contributed by atoms with Crippen LogP contribution in [-0.4, -0.2) is 49.4 Å². The number of methoxy groups -OCH3 is 2. The van der Waals surface area contributed by atoms with E-state index in [1.54, 1.807) is 13.4 Å². The van der Waals surface area contributed by atoms with Crippen LogP contribution in [0.4, 0.5) is 0 Å². The van der Waals surface area contributed by atoms with Crippen molar-refractivity contribution in [3.05, 3.63) is 65.0 Å². The molecule has 1 aliphatic heterocycles. The zero-order chi connectivity index (χ0) is 28.6. The average Bonchev–Trinajstić information content (AvgIpc) is 3.63. The zero-order valence-corrected chi connectivity index (χ0v) is 24.0. The van der Waals surface area contributed by atoms with Gasteiger partial charge in [0.1, 0.15) is 17.3 Å². The van der Waals surface area contributed by atoms with Gasteiger partial charge in [-0.2, -0.15) is 0 Å². The molecule has 2 fully saturated rings. The second-order valence-corrected chi connectivity index (χ2v) is 12.3. The molecule has 1 aromatic heterocycles. The molecule has 8 atom stereocenters. The lowest BCUT2D eigenvalue weighted by atomic mass is 9.44. The van der Waals surface area contributed by atoms with Crippen LogP contribution in [0, 0.1) is 22.7 Å². The average molecular weight is 547 g/mol. The Balaban J connectivity index is 1.49. The molecule has 0 amide bonds. The van der Waals surface area contributed by atoms with Gasteiger partial charge in [0.2, 0.25) is 0 Å². The lowest BCUT2D eigenvalue weighted by molar-refractivity contribution is -0.189. The van der Waals surface area contributed by atoms with Gasteiger partial charge in [-0.05, 0) is 50.0 Å². The lowest BCUT2D eigenvalue weighted by Gasteiger charge is -2.59. The Morgan fingerprint density at radius 2 is 1.88 bits per heavy atom. The fourth-order valence-electron chi connectivity index (χ4n) is 8.90. The molecule has 0 bridgehead atoms. The van der Waals surface area contributed by atoms with Gasteiger partial charge in [-0.25, -0.2) is 0 Å². The highest BCUT2D eigenvalue weighted by Crippen LogP contribution is 2.68. The number of ether oxygens (including phenoxy) is 3. The highest BCUT2D eigenvalue weighted by Gasteiger charge is 2.71. The van der Waals surface area contributed by atoms with Gasteiger partial charge < -0.3 is 23.7 Å². The smallest absolute Gasteiger partial charge is 0.305 e. The molecule has 2 heterocycles. The summed E-state index contributed by atoms with van der Waals surface area (Å²) < 4.78 is 23.6. The third-order valence-electron chi connectivity index (χ3n) is 10.7. The Hall–Kier alpha value is -3.16. The van der Waals surface area contributed by atoms with Gasteiger partial charge in [0.05, 0.1) is 50.8 Å². The van der Waals surface area contributed by atoms with E-state index >= 15 is 0 Å². The molecule has 212 valence electrons. The second-order valence-electron chi connectivity index (χ2n) is 12.3. The van der Waals surface area contributed by atoms with E-state index in [2.05, 4.69) is 13.8 Å². The number of fused-ring (bicyclic) bond motifs is 4. The number of rotatable bonds is 5. The Morgan fingerprint density at radius 1 is 1.12 bits per heavy atom. The molecular formula is C33H38O7. The van der Waals surface area contributed by atoms with Crippen LogP contribution in [0.15, 0.2) is 63.8 Å². The molecule has 1 saturated carbocycles. The summed E-state index contributed by atoms with van der Waals surface area (Å²) >= 11 is 0. The van der Waals surface area contributed by atoms with Crippen LogP contribution in [0.1, 0.15) is 58.4 Å². The summed E-state index contributed by atoms with van der Waals surface area (Å²) in [5, 5.41) is 11.9. The van der Waals surface area contributed by atoms with Crippen molar-refractivity contribution in [1.82, 2.24) is 0 Å². The maximum atomic E-state index is 13.8. The Bertz CT molecular complexity index is 1430. The minimum Gasteiger partial charge on any atom is -0.496 e. The quantitative estimate of drug-likeness (QED) is 0.384. The number of aliphatic hydroxyl groups excluding tert-OH is 1. The summed E-state index contributed by atoms with van der Waals surface area (Å²) in [6, 6.07) is 9.81. The predicted octanol–water partition coefficient (Wildman–Crippen LogP) is 5.63. The fraction of sp³-hybridized carbons (Fsp3) is 0.515. The van der Waals surface area contributed by atoms with E-state index in [1.165, 1.54) is 7.11 Å². The predicted molar refractivity (Wildman–Crippen MR) is 149 cm³/mol. The number of carbonyl (C=O) groups is 2. The number of para-hydroxylation sites is 1. The van der Waals surface area contributed by atoms with Gasteiger partial charge in [-0.3, -0.25) is 9.59 Å². The number of allylic oxidation sites excluding steroid dienone is 2. The summed E-state index contributed by atoms with van der Waals surface area (Å²) in [6.07, 6.45) is 3.06. The third-order valence-corrected chi connectivity index (χ3v) is 10.7. The van der Waals surface area contributed by atoms with Gasteiger partial charge in [-0.1, -0.05) is 43.2 Å². The van der Waals surface area contributed by atoms with Crippen molar-refractivity contribution in [2.24, 2.45) is 22.7 Å². The minimum atomic E-state index is -0.931. The van der Waals surface area contributed by atoms with Gasteiger partial charge in [-0.15, -0.1) is 0 Å². The largest absolute Gasteiger partial charge is 0.496 e. The van der Waals surface area contributed by atoms with Crippen molar-refractivity contribution in [2.75, 3.05) is 14.2 Å². The molecular weight excluding hydrogens is 508 g/mol. The molecule has 4 aliphatic rings. The molecule has 1 saturated heterocycles. The second kappa shape index (κ2) is 9.45. The lowest BCUT2D eigenvalue weighted by Crippen LogP contribution is -2.65. The first kappa shape index (κ1) is 27.0. The van der Waals surface area contributed by atoms with E-state index in [4.69, 9.17) is 18.6 Å². The Morgan fingerprint density at radius 3 is 2.60 bits per heavy atom. The maximum Gasteiger partial charge on any atom is 0.305 e. The number of hydrogen-bond donors (Lipinski definition) is 1. The molecule has 40 heavy (non-hydrogen) atoms. The molecule has 3 aliphatic carbocycles. The summed E-state index contributed by atoms with van der Waals surface area (Å²) in [4.78, 5) is 26.6. The zero-order valence-electron chi connectivity index (χ0n) is 24.0. The molecule has 0 radical (unpaired) electrons. The van der Waals surface area contributed by atoms with Crippen LogP contribution < -0.4 is 4.74 Å². The topological polar surface area (TPSA) is 95.2 Å². The van der Waals surface area contributed by atoms with E-state index in [9.17, 15) is 14.7 Å². The van der Waals surface area contributed by atoms with Crippen LogP contribution in [0.25, 0.3) is 11.3 Å². The highest BCUT2D eigenvalue weighted by atomic mass is 16.5. The van der Waals surface area contributed by atoms with Crippen LogP contribution in [0.5, 0.6) is 5.75 Å². The molecule has 1 N–H and O–H groups in total. The standard InChI is InChI=1S/C33H38O7/c1-17-11-12-25(34)32(3)24(16-26(35)38-6)33(4)28-18(2)21(15-23(28)40-31(33)29(36)27(17)32)19-13-14-39-30(19)20-9-7-8-10-22(20)37-5/h7-11,13-14,21,23-24,27,29,31,36H,12,15-16H2,1-6H3/t21-,23-,24-,27-,29-,31-,32+,33-/m1/s1. The number of ketones is 1. The normalized spacial score (nSPS) is 36.6. The van der Waals surface area contributed by atoms with E-state index in [-0.39, 0.29) is 30.2 Å². The van der Waals surface area contributed by atoms with Gasteiger partial charge in [0.15, 0.2) is 0 Å². The van der Waals surface area contributed by atoms with Crippen molar-refractivity contribution < 1.29 is 33.3 Å². The van der Waals surface area contributed by atoms with Crippen LogP contribution in [0.2, 0.25) is 0 Å². The first-order valence-electron chi connectivity index (χ1n) is 14.1. The number of hydrogen-bond acceptors (Lipinski definition) is 7. The third kappa shape index (κ3) is 3.50. The molecule has 0 spiro atoms. The van der Waals surface area contributed by atoms with Crippen molar-refractivity contribution in [2.45, 2.75) is 71.2 Å². The van der Waals surface area contributed by atoms with E-state index in [0.717, 1.165) is 39.4 Å². The molecule has 0 unspecified atom stereocenters. The van der Waals surface area contributed by atoms with Crippen LogP contribution in [-0.2, 0) is 19.1 Å². The molecule has 2 aromatic rings. The molecule has 1 aromatic carbocycles. The maximum absolute atomic E-state index is 13.8. The van der Waals surface area contributed by atoms with Crippen molar-refractivity contribution in [1.29, 1.82) is 0 Å². The SMILES string of the molecule is COC(=O)C[C@H]1[C@]2(C)C3=C(C)[C@H](c4ccoc4-c4ccccc4OC)C[C@H]3O[C@@H]2[C@H](O)[C@H]2C(C)=CCC(=O)[C@]12C. The number of furan rings is 1. The van der Waals surface area contributed by atoms with E-state index < -0.39 is 34.9 Å². The summed E-state index contributed by atoms with van der Waals surface area (Å²) in [7, 11) is 3.03. The van der Waals surface area contributed by atoms with E-state index in [0.29, 0.717) is 12.8 Å². The molecule has 7 nitrogen and oxygen atoms in total. The van der Waals surface area contributed by atoms with Crippen molar-refractivity contribution >= 4 is 11.8 Å². The monoisotopic (exact) mass is 546 g/mol. The van der Waals surface area contributed by atoms with Crippen molar-refractivity contribution in [3.63, 3.8) is 0 Å².